The third kappa shape index (κ3) is 2.50. The molecule has 0 aromatic carbocycles. The van der Waals surface area contributed by atoms with E-state index in [4.69, 9.17) is 0 Å². The molecule has 1 saturated heterocycles. The Morgan fingerprint density at radius 1 is 1.14 bits per heavy atom. The molecule has 0 bridgehead atoms. The van der Waals surface area contributed by atoms with E-state index in [0.717, 1.165) is 32.5 Å². The lowest BCUT2D eigenvalue weighted by atomic mass is 9.97. The number of piperidine rings is 1. The molecule has 1 atom stereocenters. The monoisotopic (exact) mass is 284 g/mol. The van der Waals surface area contributed by atoms with Crippen molar-refractivity contribution in [2.45, 2.75) is 38.6 Å². The molecule has 0 saturated carbocycles. The Labute approximate surface area is 124 Å². The van der Waals surface area contributed by atoms with Crippen LogP contribution in [0.4, 0.5) is 5.82 Å². The smallest absolute Gasteiger partial charge is 0.137 e. The molecule has 0 amide bonds. The first-order chi connectivity index (χ1) is 10.4. The van der Waals surface area contributed by atoms with Gasteiger partial charge in [0.1, 0.15) is 24.8 Å². The van der Waals surface area contributed by atoms with Crippen LogP contribution >= 0.6 is 0 Å². The molecular weight excluding hydrogens is 264 g/mol. The number of hydrogen-bond acceptors (Lipinski definition) is 5. The third-order valence-electron chi connectivity index (χ3n) is 4.58. The first-order valence-electron chi connectivity index (χ1n) is 7.80. The summed E-state index contributed by atoms with van der Waals surface area (Å²) in [5.41, 5.74) is 2.65. The van der Waals surface area contributed by atoms with Crippen LogP contribution in [0.15, 0.2) is 19.0 Å². The summed E-state index contributed by atoms with van der Waals surface area (Å²) in [5, 5.41) is 4.23. The van der Waals surface area contributed by atoms with Gasteiger partial charge in [0, 0.05) is 30.9 Å². The Balaban J connectivity index is 1.52. The molecule has 2 aliphatic rings. The van der Waals surface area contributed by atoms with Crippen LogP contribution in [-0.2, 0) is 19.4 Å². The molecule has 0 spiro atoms. The summed E-state index contributed by atoms with van der Waals surface area (Å²) in [7, 11) is 0. The van der Waals surface area contributed by atoms with Gasteiger partial charge in [-0.05, 0) is 38.0 Å². The van der Waals surface area contributed by atoms with Crippen molar-refractivity contribution < 1.29 is 0 Å². The average molecular weight is 284 g/mol. The molecule has 0 radical (unpaired) electrons. The van der Waals surface area contributed by atoms with E-state index in [1.165, 1.54) is 36.3 Å². The van der Waals surface area contributed by atoms with E-state index < -0.39 is 0 Å². The molecule has 0 unspecified atom stereocenters. The normalized spacial score (nSPS) is 21.5. The van der Waals surface area contributed by atoms with Crippen molar-refractivity contribution in [1.82, 2.24) is 24.7 Å². The predicted octanol–water partition coefficient (Wildman–Crippen LogP) is 1.47. The maximum Gasteiger partial charge on any atom is 0.137 e. The number of aromatic nitrogens is 5. The lowest BCUT2D eigenvalue weighted by Crippen LogP contribution is -2.38. The van der Waals surface area contributed by atoms with Crippen molar-refractivity contribution in [3.05, 3.63) is 30.2 Å². The first kappa shape index (κ1) is 12.7. The molecule has 6 nitrogen and oxygen atoms in total. The largest absolute Gasteiger partial charge is 0.356 e. The summed E-state index contributed by atoms with van der Waals surface area (Å²) in [6, 6.07) is 0. The maximum atomic E-state index is 4.59. The van der Waals surface area contributed by atoms with Gasteiger partial charge in [0.15, 0.2) is 0 Å². The lowest BCUT2D eigenvalue weighted by molar-refractivity contribution is 0.350. The number of hydrogen-bond donors (Lipinski definition) is 0. The zero-order valence-electron chi connectivity index (χ0n) is 12.1. The summed E-state index contributed by atoms with van der Waals surface area (Å²) in [4.78, 5) is 15.5. The fourth-order valence-corrected chi connectivity index (χ4v) is 3.61. The molecule has 1 aliphatic heterocycles. The van der Waals surface area contributed by atoms with Crippen LogP contribution in [0, 0.1) is 5.92 Å². The fraction of sp³-hybridized carbons (Fsp3) is 0.600. The minimum Gasteiger partial charge on any atom is -0.356 e. The Hall–Kier alpha value is -1.98. The number of anilines is 1. The standard InChI is InChI=1S/C15H20N6/c1-4-13-14(5-1)17-10-18-15(13)20-6-2-3-12(7-20)8-21-11-16-9-19-21/h9-12H,1-8H2/t12-/m1/s1. The van der Waals surface area contributed by atoms with Crippen molar-refractivity contribution in [1.29, 1.82) is 0 Å². The zero-order chi connectivity index (χ0) is 14.1. The van der Waals surface area contributed by atoms with Crippen LogP contribution in [0.1, 0.15) is 30.5 Å². The summed E-state index contributed by atoms with van der Waals surface area (Å²) in [6.45, 7) is 3.12. The Kier molecular flexibility index (Phi) is 3.29. The number of aryl methyl sites for hydroxylation is 1. The molecule has 21 heavy (non-hydrogen) atoms. The third-order valence-corrected chi connectivity index (χ3v) is 4.58. The molecule has 1 aliphatic carbocycles. The van der Waals surface area contributed by atoms with E-state index in [-0.39, 0.29) is 0 Å². The summed E-state index contributed by atoms with van der Waals surface area (Å²) >= 11 is 0. The highest BCUT2D eigenvalue weighted by molar-refractivity contribution is 5.50. The van der Waals surface area contributed by atoms with E-state index >= 15 is 0 Å². The molecule has 4 rings (SSSR count). The Morgan fingerprint density at radius 2 is 2.14 bits per heavy atom. The Bertz CT molecular complexity index is 609. The maximum absolute atomic E-state index is 4.59. The molecule has 1 fully saturated rings. The Morgan fingerprint density at radius 3 is 3.05 bits per heavy atom. The van der Waals surface area contributed by atoms with Crippen LogP contribution in [0.3, 0.4) is 0 Å². The highest BCUT2D eigenvalue weighted by Crippen LogP contribution is 2.30. The van der Waals surface area contributed by atoms with Gasteiger partial charge in [-0.1, -0.05) is 0 Å². The summed E-state index contributed by atoms with van der Waals surface area (Å²) < 4.78 is 1.94. The van der Waals surface area contributed by atoms with Crippen molar-refractivity contribution in [2.24, 2.45) is 5.92 Å². The topological polar surface area (TPSA) is 59.7 Å². The second-order valence-electron chi connectivity index (χ2n) is 6.05. The minimum absolute atomic E-state index is 0.618. The van der Waals surface area contributed by atoms with Crippen LogP contribution in [0.5, 0.6) is 0 Å². The predicted molar refractivity (Wildman–Crippen MR) is 79.0 cm³/mol. The zero-order valence-corrected chi connectivity index (χ0v) is 12.1. The van der Waals surface area contributed by atoms with Crippen LogP contribution in [0.25, 0.3) is 0 Å². The summed E-state index contributed by atoms with van der Waals surface area (Å²) in [5.74, 6) is 1.80. The van der Waals surface area contributed by atoms with Gasteiger partial charge in [0.25, 0.3) is 0 Å². The van der Waals surface area contributed by atoms with Gasteiger partial charge in [0.05, 0.1) is 0 Å². The van der Waals surface area contributed by atoms with Gasteiger partial charge in [-0.15, -0.1) is 0 Å². The van der Waals surface area contributed by atoms with Crippen LogP contribution in [0.2, 0.25) is 0 Å². The van der Waals surface area contributed by atoms with E-state index in [1.54, 1.807) is 19.0 Å². The minimum atomic E-state index is 0.618. The van der Waals surface area contributed by atoms with Gasteiger partial charge in [-0.3, -0.25) is 4.68 Å². The average Bonchev–Trinajstić information content (AvgIpc) is 3.18. The molecule has 110 valence electrons. The summed E-state index contributed by atoms with van der Waals surface area (Å²) in [6.07, 6.45) is 11.1. The van der Waals surface area contributed by atoms with Gasteiger partial charge in [-0.25, -0.2) is 15.0 Å². The van der Waals surface area contributed by atoms with Crippen LogP contribution in [-0.4, -0.2) is 37.8 Å². The lowest BCUT2D eigenvalue weighted by Gasteiger charge is -2.34. The molecule has 0 N–H and O–H groups in total. The van der Waals surface area contributed by atoms with Gasteiger partial charge in [-0.2, -0.15) is 5.10 Å². The van der Waals surface area contributed by atoms with Crippen molar-refractivity contribution >= 4 is 5.82 Å². The van der Waals surface area contributed by atoms with Crippen molar-refractivity contribution in [3.63, 3.8) is 0 Å². The second kappa shape index (κ2) is 5.42. The quantitative estimate of drug-likeness (QED) is 0.854. The van der Waals surface area contributed by atoms with Crippen molar-refractivity contribution in [2.75, 3.05) is 18.0 Å². The highest BCUT2D eigenvalue weighted by atomic mass is 15.3. The fourth-order valence-electron chi connectivity index (χ4n) is 3.61. The first-order valence-corrected chi connectivity index (χ1v) is 7.80. The van der Waals surface area contributed by atoms with E-state index in [2.05, 4.69) is 25.0 Å². The van der Waals surface area contributed by atoms with E-state index in [0.29, 0.717) is 5.92 Å². The molecule has 3 heterocycles. The second-order valence-corrected chi connectivity index (χ2v) is 6.05. The van der Waals surface area contributed by atoms with Crippen molar-refractivity contribution in [3.8, 4) is 0 Å². The SMILES string of the molecule is c1nc2c(c(N3CCC[C@@H](Cn4cncn4)C3)n1)CCC2. The van der Waals surface area contributed by atoms with Gasteiger partial charge < -0.3 is 4.90 Å². The molecule has 6 heteroatoms. The van der Waals surface area contributed by atoms with E-state index in [9.17, 15) is 0 Å². The molecular formula is C15H20N6. The number of rotatable bonds is 3. The van der Waals surface area contributed by atoms with Crippen LogP contribution < -0.4 is 4.90 Å². The highest BCUT2D eigenvalue weighted by Gasteiger charge is 2.26. The molecule has 2 aromatic heterocycles. The molecule has 2 aromatic rings. The van der Waals surface area contributed by atoms with E-state index in [1.807, 2.05) is 4.68 Å². The van der Waals surface area contributed by atoms with Gasteiger partial charge in [0.2, 0.25) is 0 Å². The number of fused-ring (bicyclic) bond motifs is 1. The van der Waals surface area contributed by atoms with Gasteiger partial charge >= 0.3 is 0 Å². The number of nitrogens with zero attached hydrogens (tertiary/aromatic N) is 6.